The summed E-state index contributed by atoms with van der Waals surface area (Å²) >= 11 is 0. The smallest absolute Gasteiger partial charge is 0.407 e. The first-order chi connectivity index (χ1) is 17.0. The van der Waals surface area contributed by atoms with Gasteiger partial charge in [-0.1, -0.05) is 65.5 Å². The zero-order chi connectivity index (χ0) is 26.1. The van der Waals surface area contributed by atoms with E-state index in [-0.39, 0.29) is 12.2 Å². The van der Waals surface area contributed by atoms with Gasteiger partial charge in [-0.2, -0.15) is 0 Å². The van der Waals surface area contributed by atoms with Crippen molar-refractivity contribution in [2.45, 2.75) is 111 Å². The minimum absolute atomic E-state index is 0.0386. The lowest BCUT2D eigenvalue weighted by Crippen LogP contribution is -2.51. The summed E-state index contributed by atoms with van der Waals surface area (Å²) in [7, 11) is 4.04. The molecule has 0 aromatic heterocycles. The fourth-order valence-corrected chi connectivity index (χ4v) is 9.33. The van der Waals surface area contributed by atoms with E-state index in [0.717, 1.165) is 54.9 Å². The quantitative estimate of drug-likeness (QED) is 0.330. The van der Waals surface area contributed by atoms with E-state index in [1.807, 2.05) is 14.1 Å². The topological polar surface area (TPSA) is 41.6 Å². The number of allylic oxidation sites excluding steroid dienone is 1. The van der Waals surface area contributed by atoms with Crippen molar-refractivity contribution in [3.8, 4) is 0 Å². The predicted octanol–water partition coefficient (Wildman–Crippen LogP) is 7.68. The Bertz CT molecular complexity index is 791. The van der Waals surface area contributed by atoms with Crippen LogP contribution in [0.25, 0.3) is 0 Å². The highest BCUT2D eigenvalue weighted by molar-refractivity contribution is 5.67. The first kappa shape index (κ1) is 28.0. The summed E-state index contributed by atoms with van der Waals surface area (Å²) in [5.41, 5.74) is 2.46. The molecule has 0 saturated heterocycles. The molecule has 0 aromatic carbocycles. The lowest BCUT2D eigenvalue weighted by molar-refractivity contribution is -0.0581. The Morgan fingerprint density at radius 3 is 2.58 bits per heavy atom. The van der Waals surface area contributed by atoms with Crippen molar-refractivity contribution < 1.29 is 9.53 Å². The molecule has 0 aliphatic heterocycles. The Hall–Kier alpha value is -1.03. The van der Waals surface area contributed by atoms with Gasteiger partial charge in [0, 0.05) is 19.5 Å². The second-order valence-corrected chi connectivity index (χ2v) is 14.3. The molecule has 0 heterocycles. The summed E-state index contributed by atoms with van der Waals surface area (Å²) in [6.45, 7) is 14.0. The van der Waals surface area contributed by atoms with Crippen molar-refractivity contribution in [1.82, 2.24) is 10.2 Å². The van der Waals surface area contributed by atoms with E-state index in [1.165, 1.54) is 57.8 Å². The summed E-state index contributed by atoms with van der Waals surface area (Å²) in [5.74, 6) is 5.21. The molecule has 0 aromatic rings. The number of hydrogen-bond donors (Lipinski definition) is 1. The number of hydrogen-bond acceptors (Lipinski definition) is 3. The number of nitrogens with zero attached hydrogens (tertiary/aromatic N) is 1. The third kappa shape index (κ3) is 5.69. The number of likely N-dealkylation sites (N-methyl/N-ethyl adjacent to an activating group) is 1. The van der Waals surface area contributed by atoms with E-state index in [1.54, 1.807) is 5.57 Å². The van der Waals surface area contributed by atoms with Gasteiger partial charge < -0.3 is 15.0 Å². The molecule has 4 heteroatoms. The number of amides is 1. The van der Waals surface area contributed by atoms with Gasteiger partial charge in [0.2, 0.25) is 0 Å². The Labute approximate surface area is 222 Å². The van der Waals surface area contributed by atoms with Gasteiger partial charge >= 0.3 is 6.09 Å². The maximum absolute atomic E-state index is 12.3. The van der Waals surface area contributed by atoms with Gasteiger partial charge in [0.15, 0.2) is 0 Å². The zero-order valence-electron chi connectivity index (χ0n) is 24.6. The van der Waals surface area contributed by atoms with Crippen LogP contribution in [-0.4, -0.2) is 44.3 Å². The Kier molecular flexibility index (Phi) is 8.85. The highest BCUT2D eigenvalue weighted by Gasteiger charge is 2.59. The first-order valence-electron chi connectivity index (χ1n) is 15.3. The molecule has 4 rings (SSSR count). The van der Waals surface area contributed by atoms with Crippen molar-refractivity contribution >= 4 is 6.09 Å². The molecule has 4 aliphatic carbocycles. The van der Waals surface area contributed by atoms with Crippen LogP contribution in [0.5, 0.6) is 0 Å². The van der Waals surface area contributed by atoms with Crippen LogP contribution in [0.4, 0.5) is 4.79 Å². The van der Waals surface area contributed by atoms with E-state index in [4.69, 9.17) is 4.74 Å². The lowest BCUT2D eigenvalue weighted by atomic mass is 9.47. The molecule has 206 valence electrons. The Morgan fingerprint density at radius 1 is 1.08 bits per heavy atom. The highest BCUT2D eigenvalue weighted by atomic mass is 16.6. The molecule has 1 amide bonds. The summed E-state index contributed by atoms with van der Waals surface area (Å²) in [6, 6.07) is 0. The number of ether oxygens (including phenoxy) is 1. The Morgan fingerprint density at radius 2 is 1.86 bits per heavy atom. The van der Waals surface area contributed by atoms with E-state index in [0.29, 0.717) is 17.4 Å². The number of carbonyl (C=O) groups is 1. The van der Waals surface area contributed by atoms with Crippen molar-refractivity contribution in [1.29, 1.82) is 0 Å². The van der Waals surface area contributed by atoms with Gasteiger partial charge in [-0.15, -0.1) is 0 Å². The largest absolute Gasteiger partial charge is 0.446 e. The monoisotopic (exact) mass is 500 g/mol. The minimum atomic E-state index is -0.243. The van der Waals surface area contributed by atoms with Crippen molar-refractivity contribution in [3.63, 3.8) is 0 Å². The molecular formula is C32H56N2O2. The Balaban J connectivity index is 1.37. The average Bonchev–Trinajstić information content (AvgIpc) is 3.16. The third-order valence-corrected chi connectivity index (χ3v) is 11.4. The maximum Gasteiger partial charge on any atom is 0.407 e. The number of carbonyl (C=O) groups excluding carboxylic acids is 1. The molecule has 3 saturated carbocycles. The average molecular weight is 501 g/mol. The van der Waals surface area contributed by atoms with Crippen LogP contribution in [0.3, 0.4) is 0 Å². The van der Waals surface area contributed by atoms with Gasteiger partial charge in [-0.05, 0) is 105 Å². The molecule has 1 N–H and O–H groups in total. The molecule has 8 unspecified atom stereocenters. The normalized spacial score (nSPS) is 38.7. The molecule has 8 atom stereocenters. The van der Waals surface area contributed by atoms with E-state index < -0.39 is 0 Å². The van der Waals surface area contributed by atoms with Crippen molar-refractivity contribution in [3.05, 3.63) is 11.6 Å². The maximum atomic E-state index is 12.3. The van der Waals surface area contributed by atoms with Crippen LogP contribution in [0.2, 0.25) is 0 Å². The van der Waals surface area contributed by atoms with Crippen molar-refractivity contribution in [2.24, 2.45) is 46.3 Å². The number of fused-ring (bicyclic) bond motifs is 5. The summed E-state index contributed by atoms with van der Waals surface area (Å²) in [5, 5.41) is 2.93. The summed E-state index contributed by atoms with van der Waals surface area (Å²) in [4.78, 5) is 14.4. The number of nitrogens with one attached hydrogen (secondary N) is 1. The van der Waals surface area contributed by atoms with Crippen LogP contribution in [0.15, 0.2) is 11.6 Å². The SMILES string of the molecule is CC(C)CCCC(C)C1CCC2C3CC=C4CC(OC(=O)NCCN(C)C)CCC4(C)C3CCC12C. The molecule has 36 heavy (non-hydrogen) atoms. The van der Waals surface area contributed by atoms with Crippen LogP contribution in [-0.2, 0) is 4.74 Å². The fraction of sp³-hybridized carbons (Fsp3) is 0.906. The fourth-order valence-electron chi connectivity index (χ4n) is 9.33. The van der Waals surface area contributed by atoms with Crippen LogP contribution >= 0.6 is 0 Å². The second kappa shape index (κ2) is 11.4. The van der Waals surface area contributed by atoms with E-state index in [9.17, 15) is 4.79 Å². The van der Waals surface area contributed by atoms with Gasteiger partial charge in [0.25, 0.3) is 0 Å². The molecule has 0 spiro atoms. The molecule has 0 bridgehead atoms. The number of rotatable bonds is 9. The van der Waals surface area contributed by atoms with Crippen LogP contribution in [0.1, 0.15) is 105 Å². The highest BCUT2D eigenvalue weighted by Crippen LogP contribution is 2.67. The summed E-state index contributed by atoms with van der Waals surface area (Å²) < 4.78 is 5.87. The van der Waals surface area contributed by atoms with E-state index >= 15 is 0 Å². The molecule has 4 aliphatic rings. The molecule has 3 fully saturated rings. The van der Waals surface area contributed by atoms with Crippen molar-refractivity contribution in [2.75, 3.05) is 27.2 Å². The second-order valence-electron chi connectivity index (χ2n) is 14.3. The zero-order valence-corrected chi connectivity index (χ0v) is 24.6. The molecule has 0 radical (unpaired) electrons. The first-order valence-corrected chi connectivity index (χ1v) is 15.3. The summed E-state index contributed by atoms with van der Waals surface area (Å²) in [6.07, 6.45) is 16.7. The molecule has 4 nitrogen and oxygen atoms in total. The van der Waals surface area contributed by atoms with Gasteiger partial charge in [0.05, 0.1) is 0 Å². The van der Waals surface area contributed by atoms with Crippen LogP contribution in [0, 0.1) is 46.3 Å². The third-order valence-electron chi connectivity index (χ3n) is 11.4. The van der Waals surface area contributed by atoms with Gasteiger partial charge in [-0.25, -0.2) is 4.79 Å². The van der Waals surface area contributed by atoms with Gasteiger partial charge in [-0.3, -0.25) is 0 Å². The lowest BCUT2D eigenvalue weighted by Gasteiger charge is -2.58. The minimum Gasteiger partial charge on any atom is -0.446 e. The number of alkyl carbamates (subject to hydrolysis) is 1. The van der Waals surface area contributed by atoms with E-state index in [2.05, 4.69) is 50.9 Å². The molecular weight excluding hydrogens is 444 g/mol. The standard InChI is InChI=1S/C32H56N2O2/c1-22(2)9-8-10-23(3)27-13-14-28-26-12-11-24-21-25(36-30(35)33-19-20-34(6)7)15-17-31(24,4)29(26)16-18-32(27,28)5/h11,22-23,25-29H,8-10,12-21H2,1-7H3,(H,33,35). The van der Waals surface area contributed by atoms with Gasteiger partial charge in [0.1, 0.15) is 6.10 Å². The van der Waals surface area contributed by atoms with Crippen LogP contribution < -0.4 is 5.32 Å². The predicted molar refractivity (Wildman–Crippen MR) is 150 cm³/mol.